The van der Waals surface area contributed by atoms with E-state index in [0.29, 0.717) is 11.5 Å². The Morgan fingerprint density at radius 3 is 1.84 bits per heavy atom. The Balaban J connectivity index is 1.78. The van der Waals surface area contributed by atoms with E-state index in [0.717, 1.165) is 6.07 Å². The Bertz CT molecular complexity index is 847. The molecular formula is C19H14F3NO2. The first-order valence-electron chi connectivity index (χ1n) is 7.39. The van der Waals surface area contributed by atoms with Crippen LogP contribution in [0.4, 0.5) is 18.9 Å². The summed E-state index contributed by atoms with van der Waals surface area (Å²) in [5.41, 5.74) is 4.54. The summed E-state index contributed by atoms with van der Waals surface area (Å²) in [5, 5.41) is 0. The minimum absolute atomic E-state index is 0.0197. The molecule has 0 aliphatic heterocycles. The normalized spacial score (nSPS) is 11.2. The molecule has 0 radical (unpaired) electrons. The van der Waals surface area contributed by atoms with Crippen LogP contribution in [0.15, 0.2) is 72.8 Å². The lowest BCUT2D eigenvalue weighted by molar-refractivity contribution is -0.138. The van der Waals surface area contributed by atoms with E-state index in [-0.39, 0.29) is 17.2 Å². The molecule has 0 spiro atoms. The highest BCUT2D eigenvalue weighted by atomic mass is 19.4. The second kappa shape index (κ2) is 6.76. The molecule has 3 nitrogen and oxygen atoms in total. The molecule has 3 rings (SSSR count). The molecule has 0 saturated carbocycles. The maximum Gasteiger partial charge on any atom is 0.420 e. The predicted molar refractivity (Wildman–Crippen MR) is 88.9 cm³/mol. The van der Waals surface area contributed by atoms with E-state index in [1.165, 1.54) is 24.3 Å². The molecular weight excluding hydrogens is 331 g/mol. The molecule has 128 valence electrons. The van der Waals surface area contributed by atoms with Crippen LogP contribution in [0.2, 0.25) is 0 Å². The highest BCUT2D eigenvalue weighted by Crippen LogP contribution is 2.39. The SMILES string of the molecule is Nc1ccc(Oc2ccc(Oc3ccccc3)cc2)c(C(F)(F)F)c1. The van der Waals surface area contributed by atoms with Crippen LogP contribution in [0.5, 0.6) is 23.0 Å². The minimum Gasteiger partial charge on any atom is -0.457 e. The molecule has 0 bridgehead atoms. The zero-order chi connectivity index (χ0) is 17.9. The zero-order valence-electron chi connectivity index (χ0n) is 13.0. The summed E-state index contributed by atoms with van der Waals surface area (Å²) >= 11 is 0. The van der Waals surface area contributed by atoms with E-state index in [2.05, 4.69) is 0 Å². The molecule has 0 amide bonds. The van der Waals surface area contributed by atoms with Gasteiger partial charge in [0.1, 0.15) is 28.6 Å². The lowest BCUT2D eigenvalue weighted by Gasteiger charge is -2.14. The van der Waals surface area contributed by atoms with Crippen LogP contribution < -0.4 is 15.2 Å². The van der Waals surface area contributed by atoms with Gasteiger partial charge in [-0.1, -0.05) is 18.2 Å². The van der Waals surface area contributed by atoms with Gasteiger partial charge in [0.15, 0.2) is 0 Å². The summed E-state index contributed by atoms with van der Waals surface area (Å²) in [6.45, 7) is 0. The summed E-state index contributed by atoms with van der Waals surface area (Å²) in [4.78, 5) is 0. The summed E-state index contributed by atoms with van der Waals surface area (Å²) in [7, 11) is 0. The lowest BCUT2D eigenvalue weighted by Crippen LogP contribution is -2.08. The predicted octanol–water partition coefficient (Wildman–Crippen LogP) is 5.87. The van der Waals surface area contributed by atoms with Gasteiger partial charge in [0, 0.05) is 5.69 Å². The van der Waals surface area contributed by atoms with Crippen molar-refractivity contribution < 1.29 is 22.6 Å². The smallest absolute Gasteiger partial charge is 0.420 e. The van der Waals surface area contributed by atoms with Gasteiger partial charge < -0.3 is 15.2 Å². The third kappa shape index (κ3) is 4.23. The fraction of sp³-hybridized carbons (Fsp3) is 0.0526. The fourth-order valence-corrected chi connectivity index (χ4v) is 2.19. The zero-order valence-corrected chi connectivity index (χ0v) is 13.0. The maximum atomic E-state index is 13.1. The van der Waals surface area contributed by atoms with Crippen LogP contribution in [-0.4, -0.2) is 0 Å². The highest BCUT2D eigenvalue weighted by Gasteiger charge is 2.34. The summed E-state index contributed by atoms with van der Waals surface area (Å²) in [6.07, 6.45) is -4.55. The number of hydrogen-bond donors (Lipinski definition) is 1. The highest BCUT2D eigenvalue weighted by molar-refractivity contribution is 5.50. The molecule has 25 heavy (non-hydrogen) atoms. The number of anilines is 1. The topological polar surface area (TPSA) is 44.5 Å². The Kier molecular flexibility index (Phi) is 4.52. The van der Waals surface area contributed by atoms with Crippen LogP contribution in [-0.2, 0) is 6.18 Å². The van der Waals surface area contributed by atoms with Crippen molar-refractivity contribution in [3.63, 3.8) is 0 Å². The van der Waals surface area contributed by atoms with Crippen molar-refractivity contribution in [1.29, 1.82) is 0 Å². The van der Waals surface area contributed by atoms with Crippen molar-refractivity contribution in [1.82, 2.24) is 0 Å². The number of benzene rings is 3. The first-order valence-corrected chi connectivity index (χ1v) is 7.39. The number of para-hydroxylation sites is 1. The summed E-state index contributed by atoms with van der Waals surface area (Å²) in [5.74, 6) is 1.16. The fourth-order valence-electron chi connectivity index (χ4n) is 2.19. The van der Waals surface area contributed by atoms with Gasteiger partial charge in [-0.15, -0.1) is 0 Å². The number of alkyl halides is 3. The van der Waals surface area contributed by atoms with Gasteiger partial charge >= 0.3 is 6.18 Å². The third-order valence-electron chi connectivity index (χ3n) is 3.34. The van der Waals surface area contributed by atoms with E-state index in [1.54, 1.807) is 24.3 Å². The number of halogens is 3. The molecule has 0 atom stereocenters. The van der Waals surface area contributed by atoms with Crippen molar-refractivity contribution in [3.8, 4) is 23.0 Å². The second-order valence-electron chi connectivity index (χ2n) is 5.24. The summed E-state index contributed by atoms with van der Waals surface area (Å²) in [6, 6.07) is 18.9. The first-order chi connectivity index (χ1) is 11.9. The van der Waals surface area contributed by atoms with Crippen molar-refractivity contribution in [2.24, 2.45) is 0 Å². The standard InChI is InChI=1S/C19H14F3NO2/c20-19(21,22)17-12-13(23)6-11-18(17)25-16-9-7-15(8-10-16)24-14-4-2-1-3-5-14/h1-12H,23H2. The molecule has 2 N–H and O–H groups in total. The Labute approximate surface area is 142 Å². The Morgan fingerprint density at radius 1 is 0.680 bits per heavy atom. The number of nitrogens with two attached hydrogens (primary N) is 1. The molecule has 0 fully saturated rings. The van der Waals surface area contributed by atoms with Crippen LogP contribution in [0, 0.1) is 0 Å². The second-order valence-corrected chi connectivity index (χ2v) is 5.24. The van der Waals surface area contributed by atoms with Crippen molar-refractivity contribution >= 4 is 5.69 Å². The maximum absolute atomic E-state index is 13.1. The van der Waals surface area contributed by atoms with Gasteiger partial charge in [-0.2, -0.15) is 13.2 Å². The number of ether oxygens (including phenoxy) is 2. The van der Waals surface area contributed by atoms with Crippen LogP contribution in [0.3, 0.4) is 0 Å². The van der Waals surface area contributed by atoms with Gasteiger partial charge in [0.25, 0.3) is 0 Å². The van der Waals surface area contributed by atoms with E-state index >= 15 is 0 Å². The molecule has 3 aromatic rings. The molecule has 0 aromatic heterocycles. The third-order valence-corrected chi connectivity index (χ3v) is 3.34. The quantitative estimate of drug-likeness (QED) is 0.601. The Morgan fingerprint density at radius 2 is 1.24 bits per heavy atom. The molecule has 0 saturated heterocycles. The number of nitrogen functional groups attached to an aromatic ring is 1. The number of rotatable bonds is 4. The molecule has 0 aliphatic carbocycles. The Hall–Kier alpha value is -3.15. The monoisotopic (exact) mass is 345 g/mol. The van der Waals surface area contributed by atoms with Crippen LogP contribution in [0.1, 0.15) is 5.56 Å². The lowest BCUT2D eigenvalue weighted by atomic mass is 10.1. The van der Waals surface area contributed by atoms with Crippen LogP contribution in [0.25, 0.3) is 0 Å². The molecule has 0 heterocycles. The molecule has 0 aliphatic rings. The van der Waals surface area contributed by atoms with Gasteiger partial charge in [-0.25, -0.2) is 0 Å². The van der Waals surface area contributed by atoms with Crippen molar-refractivity contribution in [2.45, 2.75) is 6.18 Å². The first kappa shape index (κ1) is 16.7. The molecule has 0 unspecified atom stereocenters. The van der Waals surface area contributed by atoms with E-state index in [9.17, 15) is 13.2 Å². The van der Waals surface area contributed by atoms with Crippen LogP contribution >= 0.6 is 0 Å². The van der Waals surface area contributed by atoms with Gasteiger partial charge in [0.2, 0.25) is 0 Å². The van der Waals surface area contributed by atoms with Gasteiger partial charge in [-0.05, 0) is 54.6 Å². The van der Waals surface area contributed by atoms with Gasteiger partial charge in [0.05, 0.1) is 0 Å². The van der Waals surface area contributed by atoms with E-state index in [4.69, 9.17) is 15.2 Å². The van der Waals surface area contributed by atoms with Gasteiger partial charge in [-0.3, -0.25) is 0 Å². The van der Waals surface area contributed by atoms with Crippen molar-refractivity contribution in [3.05, 3.63) is 78.4 Å². The minimum atomic E-state index is -4.55. The average molecular weight is 345 g/mol. The van der Waals surface area contributed by atoms with Crippen molar-refractivity contribution in [2.75, 3.05) is 5.73 Å². The number of hydrogen-bond acceptors (Lipinski definition) is 3. The molecule has 6 heteroatoms. The van der Waals surface area contributed by atoms with E-state index < -0.39 is 11.7 Å². The van der Waals surface area contributed by atoms with E-state index in [1.807, 2.05) is 18.2 Å². The largest absolute Gasteiger partial charge is 0.457 e. The molecule has 3 aromatic carbocycles. The summed E-state index contributed by atoms with van der Waals surface area (Å²) < 4.78 is 50.2. The average Bonchev–Trinajstić information content (AvgIpc) is 2.58.